The average Bonchev–Trinajstić information content (AvgIpc) is 3.29. The fourth-order valence-electron chi connectivity index (χ4n) is 2.36. The molecule has 124 valence electrons. The summed E-state index contributed by atoms with van der Waals surface area (Å²) in [6, 6.07) is 8.15. The minimum absolute atomic E-state index is 0.0658. The molecule has 3 heterocycles. The predicted octanol–water partition coefficient (Wildman–Crippen LogP) is 3.83. The van der Waals surface area contributed by atoms with Crippen LogP contribution in [-0.2, 0) is 0 Å². The molecule has 0 aliphatic carbocycles. The van der Waals surface area contributed by atoms with Gasteiger partial charge in [-0.25, -0.2) is 0 Å². The number of nitrogens with zero attached hydrogens (tertiary/aromatic N) is 5. The molecule has 0 spiro atoms. The van der Waals surface area contributed by atoms with Crippen LogP contribution in [0, 0.1) is 17.0 Å². The van der Waals surface area contributed by atoms with E-state index in [1.54, 1.807) is 22.9 Å². The van der Waals surface area contributed by atoms with Crippen LogP contribution in [0.5, 0.6) is 0 Å². The number of aryl methyl sites for hydroxylation is 1. The number of non-ortho nitro benzene ring substituents is 1. The Hall–Kier alpha value is -3.33. The van der Waals surface area contributed by atoms with Crippen molar-refractivity contribution in [1.29, 1.82) is 0 Å². The molecule has 8 nitrogen and oxygen atoms in total. The van der Waals surface area contributed by atoms with Crippen LogP contribution < -0.4 is 0 Å². The molecule has 0 radical (unpaired) electrons. The number of aromatic nitrogens is 4. The zero-order valence-electron chi connectivity index (χ0n) is 13.0. The maximum atomic E-state index is 10.7. The summed E-state index contributed by atoms with van der Waals surface area (Å²) in [5.41, 5.74) is 1.77. The summed E-state index contributed by atoms with van der Waals surface area (Å²) >= 11 is 1.40. The zero-order chi connectivity index (χ0) is 17.4. The highest BCUT2D eigenvalue weighted by Crippen LogP contribution is 2.25. The van der Waals surface area contributed by atoms with Gasteiger partial charge < -0.3 is 4.42 Å². The lowest BCUT2D eigenvalue weighted by Crippen LogP contribution is -1.90. The Bertz CT molecular complexity index is 1090. The quantitative estimate of drug-likeness (QED) is 0.408. The van der Waals surface area contributed by atoms with Gasteiger partial charge in [0.05, 0.1) is 16.7 Å². The van der Waals surface area contributed by atoms with Crippen LogP contribution in [0.3, 0.4) is 0 Å². The number of fused-ring (bicyclic) bond motifs is 1. The van der Waals surface area contributed by atoms with Crippen LogP contribution in [0.1, 0.15) is 16.3 Å². The molecule has 0 saturated carbocycles. The minimum Gasteiger partial charge on any atom is -0.469 e. The molecule has 0 saturated heterocycles. The Kier molecular flexibility index (Phi) is 3.62. The molecule has 25 heavy (non-hydrogen) atoms. The third-order valence-corrected chi connectivity index (χ3v) is 4.49. The Labute approximate surface area is 145 Å². The van der Waals surface area contributed by atoms with Gasteiger partial charge in [-0.3, -0.25) is 10.1 Å². The molecule has 9 heteroatoms. The summed E-state index contributed by atoms with van der Waals surface area (Å²) < 4.78 is 6.99. The monoisotopic (exact) mass is 353 g/mol. The molecule has 0 N–H and O–H groups in total. The van der Waals surface area contributed by atoms with Crippen molar-refractivity contribution in [2.75, 3.05) is 0 Å². The van der Waals surface area contributed by atoms with Gasteiger partial charge in [0.25, 0.3) is 5.69 Å². The Balaban J connectivity index is 1.63. The second-order valence-corrected chi connectivity index (χ2v) is 6.22. The van der Waals surface area contributed by atoms with Gasteiger partial charge in [-0.05, 0) is 36.8 Å². The average molecular weight is 353 g/mol. The predicted molar refractivity (Wildman–Crippen MR) is 93.1 cm³/mol. The van der Waals surface area contributed by atoms with Gasteiger partial charge >= 0.3 is 0 Å². The number of nitro groups is 1. The van der Waals surface area contributed by atoms with Crippen molar-refractivity contribution >= 4 is 34.1 Å². The van der Waals surface area contributed by atoms with Gasteiger partial charge in [0.15, 0.2) is 5.82 Å². The zero-order valence-corrected chi connectivity index (χ0v) is 13.8. The van der Waals surface area contributed by atoms with Crippen LogP contribution in [0.15, 0.2) is 41.0 Å². The van der Waals surface area contributed by atoms with Crippen LogP contribution in [0.2, 0.25) is 0 Å². The first-order valence-corrected chi connectivity index (χ1v) is 8.13. The topological polar surface area (TPSA) is 99.4 Å². The van der Waals surface area contributed by atoms with Gasteiger partial charge in [-0.1, -0.05) is 17.4 Å². The first-order valence-electron chi connectivity index (χ1n) is 7.31. The highest BCUT2D eigenvalue weighted by atomic mass is 32.1. The van der Waals surface area contributed by atoms with Crippen molar-refractivity contribution in [3.8, 4) is 11.4 Å². The van der Waals surface area contributed by atoms with Crippen LogP contribution in [-0.4, -0.2) is 24.7 Å². The Morgan fingerprint density at radius 3 is 2.68 bits per heavy atom. The lowest BCUT2D eigenvalue weighted by molar-refractivity contribution is -0.384. The lowest BCUT2D eigenvalue weighted by Gasteiger charge is -1.93. The van der Waals surface area contributed by atoms with E-state index in [0.717, 1.165) is 21.9 Å². The maximum absolute atomic E-state index is 10.7. The van der Waals surface area contributed by atoms with Crippen LogP contribution in [0.4, 0.5) is 5.69 Å². The number of hydrogen-bond donors (Lipinski definition) is 0. The van der Waals surface area contributed by atoms with Gasteiger partial charge in [0.2, 0.25) is 4.96 Å². The van der Waals surface area contributed by atoms with Crippen molar-refractivity contribution < 1.29 is 9.34 Å². The molecule has 0 bridgehead atoms. The van der Waals surface area contributed by atoms with Gasteiger partial charge in [-0.15, -0.1) is 10.2 Å². The summed E-state index contributed by atoms with van der Waals surface area (Å²) in [5.74, 6) is 1.39. The number of furan rings is 1. The fourth-order valence-corrected chi connectivity index (χ4v) is 3.10. The van der Waals surface area contributed by atoms with E-state index in [9.17, 15) is 10.1 Å². The van der Waals surface area contributed by atoms with Gasteiger partial charge in [0, 0.05) is 12.1 Å². The molecule has 0 aliphatic rings. The highest BCUT2D eigenvalue weighted by molar-refractivity contribution is 7.17. The van der Waals surface area contributed by atoms with E-state index in [1.807, 2.05) is 25.1 Å². The fraction of sp³-hybridized carbons (Fsp3) is 0.0625. The van der Waals surface area contributed by atoms with E-state index in [2.05, 4.69) is 15.3 Å². The molecule has 0 amide bonds. The smallest absolute Gasteiger partial charge is 0.269 e. The van der Waals surface area contributed by atoms with E-state index in [1.165, 1.54) is 23.5 Å². The van der Waals surface area contributed by atoms with Crippen molar-refractivity contribution in [3.63, 3.8) is 0 Å². The van der Waals surface area contributed by atoms with Crippen LogP contribution in [0.25, 0.3) is 28.5 Å². The number of hydrogen-bond acceptors (Lipinski definition) is 7. The standard InChI is InChI=1S/C16H11N5O3S/c1-10-13(8-9-24-10)15-17-18-16-20(15)19-14(25-16)7-4-11-2-5-12(6-3-11)21(22)23/h2-9H,1H3. The summed E-state index contributed by atoms with van der Waals surface area (Å²) in [6.45, 7) is 1.86. The SMILES string of the molecule is Cc1occc1-c1nnc2sc(C=Cc3ccc([N+](=O)[O-])cc3)nn12. The molecular formula is C16H11N5O3S. The molecule has 0 aliphatic heterocycles. The second-order valence-electron chi connectivity index (χ2n) is 5.23. The lowest BCUT2D eigenvalue weighted by atomic mass is 10.2. The minimum atomic E-state index is -0.421. The van der Waals surface area contributed by atoms with Crippen LogP contribution >= 0.6 is 11.3 Å². The Morgan fingerprint density at radius 1 is 1.20 bits per heavy atom. The third kappa shape index (κ3) is 2.81. The summed E-state index contributed by atoms with van der Waals surface area (Å²) in [5, 5.41) is 24.2. The Morgan fingerprint density at radius 2 is 2.00 bits per heavy atom. The molecule has 1 aromatic carbocycles. The van der Waals surface area contributed by atoms with Gasteiger partial charge in [-0.2, -0.15) is 9.61 Å². The normalized spacial score (nSPS) is 11.6. The number of rotatable bonds is 4. The van der Waals surface area contributed by atoms with E-state index in [0.29, 0.717) is 10.8 Å². The van der Waals surface area contributed by atoms with Crippen molar-refractivity contribution in [2.45, 2.75) is 6.92 Å². The second kappa shape index (κ2) is 5.95. The van der Waals surface area contributed by atoms with Crippen molar-refractivity contribution in [2.24, 2.45) is 0 Å². The highest BCUT2D eigenvalue weighted by Gasteiger charge is 2.15. The van der Waals surface area contributed by atoms with E-state index < -0.39 is 4.92 Å². The molecule has 0 atom stereocenters. The summed E-state index contributed by atoms with van der Waals surface area (Å²) in [4.78, 5) is 10.9. The molecule has 3 aromatic heterocycles. The number of nitro benzene ring substituents is 1. The van der Waals surface area contributed by atoms with Gasteiger partial charge in [0.1, 0.15) is 10.8 Å². The maximum Gasteiger partial charge on any atom is 0.269 e. The van der Waals surface area contributed by atoms with Crippen molar-refractivity contribution in [3.05, 3.63) is 63.0 Å². The molecule has 0 fully saturated rings. The third-order valence-electron chi connectivity index (χ3n) is 3.63. The van der Waals surface area contributed by atoms with E-state index in [-0.39, 0.29) is 5.69 Å². The first kappa shape index (κ1) is 15.2. The largest absolute Gasteiger partial charge is 0.469 e. The number of benzene rings is 1. The molecule has 4 aromatic rings. The molecule has 4 rings (SSSR count). The summed E-state index contributed by atoms with van der Waals surface area (Å²) in [7, 11) is 0. The first-order chi connectivity index (χ1) is 12.1. The van der Waals surface area contributed by atoms with Crippen molar-refractivity contribution in [1.82, 2.24) is 19.8 Å². The molecular weight excluding hydrogens is 342 g/mol. The summed E-state index contributed by atoms with van der Waals surface area (Å²) in [6.07, 6.45) is 5.29. The molecule has 0 unspecified atom stereocenters. The van der Waals surface area contributed by atoms with E-state index in [4.69, 9.17) is 4.42 Å². The van der Waals surface area contributed by atoms with E-state index >= 15 is 0 Å².